The molecule has 1 N–H and O–H groups in total. The normalized spacial score (nSPS) is 17.8. The minimum atomic E-state index is -0.0284. The number of imidazole rings is 1. The van der Waals surface area contributed by atoms with E-state index >= 15 is 0 Å². The first-order valence-electron chi connectivity index (χ1n) is 7.20. The smallest absolute Gasteiger partial charge is 0.324 e. The Morgan fingerprint density at radius 1 is 1.13 bits per heavy atom. The Balaban J connectivity index is 1.88. The van der Waals surface area contributed by atoms with E-state index in [1.165, 1.54) is 0 Å². The number of carbonyl (C=O) groups is 1. The second-order valence-corrected chi connectivity index (χ2v) is 7.63. The van der Waals surface area contributed by atoms with Crippen LogP contribution in [0.4, 0.5) is 5.69 Å². The summed E-state index contributed by atoms with van der Waals surface area (Å²) in [5, 5.41) is 5.06. The number of anilines is 1. The largest absolute Gasteiger partial charge is 0.328 e. The topological polar surface area (TPSA) is 56.0 Å². The molecule has 0 aliphatic carbocycles. The molecule has 0 bridgehead atoms. The highest BCUT2D eigenvalue weighted by Gasteiger charge is 2.25. The Bertz CT molecular complexity index is 983. The predicted octanol–water partition coefficient (Wildman–Crippen LogP) is 2.71. The number of carbonyl (C=O) groups excluding carboxylic acids is 1. The van der Waals surface area contributed by atoms with E-state index in [-0.39, 0.29) is 16.8 Å². The summed E-state index contributed by atoms with van der Waals surface area (Å²) in [7, 11) is 3.57. The van der Waals surface area contributed by atoms with Crippen LogP contribution in [-0.2, 0) is 18.9 Å². The molecule has 2 aromatic heterocycles. The lowest BCUT2D eigenvalue weighted by Gasteiger charge is -2.14. The van der Waals surface area contributed by atoms with E-state index in [1.807, 2.05) is 17.5 Å². The molecule has 118 valence electrons. The molecule has 0 fully saturated rings. The van der Waals surface area contributed by atoms with E-state index < -0.39 is 0 Å². The van der Waals surface area contributed by atoms with E-state index in [0.29, 0.717) is 5.75 Å². The van der Waals surface area contributed by atoms with Crippen molar-refractivity contribution in [3.05, 3.63) is 50.6 Å². The zero-order chi connectivity index (χ0) is 16.1. The Morgan fingerprint density at radius 3 is 2.74 bits per heavy atom. The van der Waals surface area contributed by atoms with Crippen LogP contribution in [-0.4, -0.2) is 20.8 Å². The first-order chi connectivity index (χ1) is 11.1. The molecule has 1 amide bonds. The lowest BCUT2D eigenvalue weighted by atomic mass is 10.1. The molecule has 5 nitrogen and oxygen atoms in total. The third-order valence-corrected chi connectivity index (χ3v) is 6.59. The van der Waals surface area contributed by atoms with Crippen molar-refractivity contribution in [3.63, 3.8) is 0 Å². The number of hydrogen-bond acceptors (Lipinski definition) is 4. The molecule has 1 unspecified atom stereocenters. The Labute approximate surface area is 140 Å². The molecule has 23 heavy (non-hydrogen) atoms. The number of fused-ring (bicyclic) bond motifs is 2. The number of rotatable bonds is 1. The van der Waals surface area contributed by atoms with Gasteiger partial charge in [0, 0.05) is 19.0 Å². The average Bonchev–Trinajstić information content (AvgIpc) is 3.03. The maximum absolute atomic E-state index is 12.1. The van der Waals surface area contributed by atoms with Gasteiger partial charge in [0.05, 0.1) is 27.7 Å². The highest BCUT2D eigenvalue weighted by Crippen LogP contribution is 2.44. The number of aromatic nitrogens is 2. The number of hydrogen-bond donors (Lipinski definition) is 1. The average molecular weight is 345 g/mol. The van der Waals surface area contributed by atoms with Crippen LogP contribution in [0, 0.1) is 0 Å². The number of nitrogens with zero attached hydrogens (tertiary/aromatic N) is 2. The highest BCUT2D eigenvalue weighted by molar-refractivity contribution is 8.00. The summed E-state index contributed by atoms with van der Waals surface area (Å²) in [4.78, 5) is 25.1. The molecule has 3 heterocycles. The van der Waals surface area contributed by atoms with Crippen molar-refractivity contribution in [1.29, 1.82) is 0 Å². The highest BCUT2D eigenvalue weighted by atomic mass is 32.2. The number of benzene rings is 1. The third-order valence-electron chi connectivity index (χ3n) is 4.19. The van der Waals surface area contributed by atoms with Gasteiger partial charge in [-0.15, -0.1) is 23.1 Å². The van der Waals surface area contributed by atoms with Crippen LogP contribution in [0.15, 0.2) is 34.4 Å². The van der Waals surface area contributed by atoms with Crippen molar-refractivity contribution in [3.8, 4) is 0 Å². The molecule has 0 spiro atoms. The molecule has 0 radical (unpaired) electrons. The minimum absolute atomic E-state index is 0.0284. The van der Waals surface area contributed by atoms with Crippen molar-refractivity contribution < 1.29 is 4.79 Å². The van der Waals surface area contributed by atoms with Gasteiger partial charge in [0.1, 0.15) is 0 Å². The standard InChI is InChI=1S/C16H15N3O2S2/c1-18-11-4-3-9(7-12(11)19(2)16(18)21)14-15-10(5-6-22-15)17-13(20)8-23-14/h3-7,14H,8H2,1-2H3,(H,17,20). The van der Waals surface area contributed by atoms with Crippen LogP contribution in [0.3, 0.4) is 0 Å². The summed E-state index contributed by atoms with van der Waals surface area (Å²) in [6, 6.07) is 8.06. The van der Waals surface area contributed by atoms with Crippen molar-refractivity contribution >= 4 is 45.7 Å². The molecule has 0 saturated heterocycles. The van der Waals surface area contributed by atoms with Gasteiger partial charge in [-0.25, -0.2) is 4.79 Å². The van der Waals surface area contributed by atoms with E-state index in [2.05, 4.69) is 17.4 Å². The summed E-state index contributed by atoms with van der Waals surface area (Å²) in [5.74, 6) is 0.461. The summed E-state index contributed by atoms with van der Waals surface area (Å²) >= 11 is 3.27. The fourth-order valence-corrected chi connectivity index (χ4v) is 5.22. The van der Waals surface area contributed by atoms with Crippen LogP contribution in [0.1, 0.15) is 15.7 Å². The predicted molar refractivity (Wildman–Crippen MR) is 95.4 cm³/mol. The number of nitrogens with one attached hydrogen (secondary N) is 1. The quantitative estimate of drug-likeness (QED) is 0.738. The fraction of sp³-hybridized carbons (Fsp3) is 0.250. The number of thiophene rings is 1. The van der Waals surface area contributed by atoms with Gasteiger partial charge in [0.2, 0.25) is 5.91 Å². The number of thioether (sulfide) groups is 1. The van der Waals surface area contributed by atoms with Crippen LogP contribution >= 0.6 is 23.1 Å². The van der Waals surface area contributed by atoms with Gasteiger partial charge >= 0.3 is 5.69 Å². The Morgan fingerprint density at radius 2 is 1.91 bits per heavy atom. The Hall–Kier alpha value is -1.99. The van der Waals surface area contributed by atoms with E-state index in [9.17, 15) is 9.59 Å². The lowest BCUT2D eigenvalue weighted by molar-refractivity contribution is -0.113. The monoisotopic (exact) mass is 345 g/mol. The lowest BCUT2D eigenvalue weighted by Crippen LogP contribution is -2.19. The molecule has 1 aromatic carbocycles. The van der Waals surface area contributed by atoms with Crippen LogP contribution < -0.4 is 11.0 Å². The molecule has 1 aliphatic heterocycles. The zero-order valence-electron chi connectivity index (χ0n) is 12.7. The number of aryl methyl sites for hydroxylation is 2. The number of amides is 1. The van der Waals surface area contributed by atoms with Crippen LogP contribution in [0.5, 0.6) is 0 Å². The molecule has 7 heteroatoms. The molecule has 1 aliphatic rings. The van der Waals surface area contributed by atoms with E-state index in [4.69, 9.17) is 0 Å². The van der Waals surface area contributed by atoms with Crippen LogP contribution in [0.2, 0.25) is 0 Å². The van der Waals surface area contributed by atoms with Crippen molar-refractivity contribution in [2.75, 3.05) is 11.1 Å². The van der Waals surface area contributed by atoms with Gasteiger partial charge in [-0.05, 0) is 29.1 Å². The molecule has 4 rings (SSSR count). The summed E-state index contributed by atoms with van der Waals surface area (Å²) in [5.41, 5.74) is 3.82. The first kappa shape index (κ1) is 14.6. The zero-order valence-corrected chi connectivity index (χ0v) is 14.3. The van der Waals surface area contributed by atoms with Crippen LogP contribution in [0.25, 0.3) is 11.0 Å². The van der Waals surface area contributed by atoms with Crippen molar-refractivity contribution in [2.45, 2.75) is 5.25 Å². The summed E-state index contributed by atoms with van der Waals surface area (Å²) in [6.07, 6.45) is 0. The summed E-state index contributed by atoms with van der Waals surface area (Å²) in [6.45, 7) is 0. The third kappa shape index (κ3) is 2.22. The van der Waals surface area contributed by atoms with Gasteiger partial charge < -0.3 is 5.32 Å². The second kappa shape index (κ2) is 5.28. The maximum Gasteiger partial charge on any atom is 0.328 e. The van der Waals surface area contributed by atoms with Gasteiger partial charge in [-0.1, -0.05) is 6.07 Å². The molecule has 0 saturated carbocycles. The van der Waals surface area contributed by atoms with E-state index in [1.54, 1.807) is 46.3 Å². The van der Waals surface area contributed by atoms with Gasteiger partial charge in [0.25, 0.3) is 0 Å². The second-order valence-electron chi connectivity index (χ2n) is 5.59. The van der Waals surface area contributed by atoms with Gasteiger partial charge in [-0.3, -0.25) is 13.9 Å². The van der Waals surface area contributed by atoms with Gasteiger partial charge in [-0.2, -0.15) is 0 Å². The first-order valence-corrected chi connectivity index (χ1v) is 9.13. The van der Waals surface area contributed by atoms with Gasteiger partial charge in [0.15, 0.2) is 0 Å². The molecular formula is C16H15N3O2S2. The minimum Gasteiger partial charge on any atom is -0.324 e. The van der Waals surface area contributed by atoms with Crippen molar-refractivity contribution in [2.24, 2.45) is 14.1 Å². The fourth-order valence-electron chi connectivity index (χ4n) is 2.98. The summed E-state index contributed by atoms with van der Waals surface area (Å²) < 4.78 is 3.32. The molecule has 3 aromatic rings. The SMILES string of the molecule is Cn1c(=O)n(C)c2cc(C3SCC(=O)Nc4ccsc43)ccc21. The maximum atomic E-state index is 12.1. The van der Waals surface area contributed by atoms with Crippen molar-refractivity contribution in [1.82, 2.24) is 9.13 Å². The molecule has 1 atom stereocenters. The molecular weight excluding hydrogens is 330 g/mol. The van der Waals surface area contributed by atoms with E-state index in [0.717, 1.165) is 27.2 Å². The Kier molecular flexibility index (Phi) is 3.35.